The molecule has 0 spiro atoms. The molecule has 2 heterocycles. The van der Waals surface area contributed by atoms with Gasteiger partial charge in [-0.05, 0) is 61.4 Å². The van der Waals surface area contributed by atoms with Crippen LogP contribution in [0, 0.1) is 0 Å². The first-order valence-corrected chi connectivity index (χ1v) is 9.85. The van der Waals surface area contributed by atoms with Gasteiger partial charge in [0.15, 0.2) is 0 Å². The molecule has 2 aromatic carbocycles. The van der Waals surface area contributed by atoms with Gasteiger partial charge in [-0.3, -0.25) is 0 Å². The molecule has 136 valence electrons. The SMILES string of the molecule is CC(C)(O)c1ccc(-c2[nH]c3ncccc3c2Sc2ccc(Cl)cc2)cc1. The van der Waals surface area contributed by atoms with E-state index in [0.29, 0.717) is 0 Å². The van der Waals surface area contributed by atoms with E-state index in [2.05, 4.69) is 16.0 Å². The third-order valence-corrected chi connectivity index (χ3v) is 5.82. The number of H-pyrrole nitrogens is 1. The van der Waals surface area contributed by atoms with Crippen LogP contribution in [-0.2, 0) is 5.60 Å². The number of hydrogen-bond acceptors (Lipinski definition) is 3. The first-order valence-electron chi connectivity index (χ1n) is 8.65. The Bertz CT molecular complexity index is 1080. The van der Waals surface area contributed by atoms with Gasteiger partial charge in [-0.25, -0.2) is 4.98 Å². The van der Waals surface area contributed by atoms with Crippen LogP contribution in [0.2, 0.25) is 5.02 Å². The first-order chi connectivity index (χ1) is 12.9. The van der Waals surface area contributed by atoms with Crippen molar-refractivity contribution in [2.75, 3.05) is 0 Å². The number of nitrogens with zero attached hydrogens (tertiary/aromatic N) is 1. The predicted octanol–water partition coefficient (Wildman–Crippen LogP) is 6.26. The monoisotopic (exact) mass is 394 g/mol. The lowest BCUT2D eigenvalue weighted by molar-refractivity contribution is 0.0786. The number of nitrogens with one attached hydrogen (secondary N) is 1. The summed E-state index contributed by atoms with van der Waals surface area (Å²) >= 11 is 7.71. The molecule has 0 atom stereocenters. The Labute approximate surface area is 167 Å². The van der Waals surface area contributed by atoms with Crippen molar-refractivity contribution < 1.29 is 5.11 Å². The Morgan fingerprint density at radius 2 is 1.70 bits per heavy atom. The minimum absolute atomic E-state index is 0.724. The van der Waals surface area contributed by atoms with Crippen LogP contribution in [0.5, 0.6) is 0 Å². The smallest absolute Gasteiger partial charge is 0.138 e. The summed E-state index contributed by atoms with van der Waals surface area (Å²) in [7, 11) is 0. The lowest BCUT2D eigenvalue weighted by atomic mass is 9.97. The molecule has 0 saturated heterocycles. The molecule has 2 N–H and O–H groups in total. The second-order valence-corrected chi connectivity index (χ2v) is 8.44. The molecule has 0 aliphatic carbocycles. The van der Waals surface area contributed by atoms with Gasteiger partial charge < -0.3 is 10.1 Å². The number of pyridine rings is 1. The fraction of sp³-hybridized carbons (Fsp3) is 0.136. The third-order valence-electron chi connectivity index (χ3n) is 4.44. The number of rotatable bonds is 4. The third kappa shape index (κ3) is 3.74. The average Bonchev–Trinajstić information content (AvgIpc) is 3.02. The molecule has 0 fully saturated rings. The van der Waals surface area contributed by atoms with Crippen molar-refractivity contribution >= 4 is 34.4 Å². The van der Waals surface area contributed by atoms with Crippen molar-refractivity contribution in [2.45, 2.75) is 29.2 Å². The highest BCUT2D eigenvalue weighted by atomic mass is 35.5. The Morgan fingerprint density at radius 3 is 2.37 bits per heavy atom. The molecular formula is C22H19ClN2OS. The number of aliphatic hydroxyl groups is 1. The van der Waals surface area contributed by atoms with Crippen molar-refractivity contribution in [1.82, 2.24) is 9.97 Å². The van der Waals surface area contributed by atoms with Gasteiger partial charge >= 0.3 is 0 Å². The molecule has 3 nitrogen and oxygen atoms in total. The Kier molecular flexibility index (Phi) is 4.72. The number of benzene rings is 2. The van der Waals surface area contributed by atoms with Gasteiger partial charge in [0.1, 0.15) is 5.65 Å². The molecule has 0 radical (unpaired) electrons. The zero-order valence-electron chi connectivity index (χ0n) is 15.0. The van der Waals surface area contributed by atoms with E-state index >= 15 is 0 Å². The van der Waals surface area contributed by atoms with Gasteiger partial charge in [-0.1, -0.05) is 47.6 Å². The number of fused-ring (bicyclic) bond motifs is 1. The van der Waals surface area contributed by atoms with Crippen molar-refractivity contribution in [3.05, 3.63) is 77.4 Å². The molecule has 0 aliphatic rings. The van der Waals surface area contributed by atoms with Crippen LogP contribution in [0.3, 0.4) is 0 Å². The largest absolute Gasteiger partial charge is 0.386 e. The Morgan fingerprint density at radius 1 is 1.00 bits per heavy atom. The highest BCUT2D eigenvalue weighted by Gasteiger charge is 2.18. The average molecular weight is 395 g/mol. The minimum Gasteiger partial charge on any atom is -0.386 e. The molecule has 4 rings (SSSR count). The molecule has 27 heavy (non-hydrogen) atoms. The zero-order chi connectivity index (χ0) is 19.0. The summed E-state index contributed by atoms with van der Waals surface area (Å²) in [4.78, 5) is 10.2. The number of hydrogen-bond donors (Lipinski definition) is 2. The molecule has 2 aromatic heterocycles. The van der Waals surface area contributed by atoms with E-state index < -0.39 is 5.60 Å². The molecule has 0 aliphatic heterocycles. The summed E-state index contributed by atoms with van der Waals surface area (Å²) in [6, 6.07) is 19.8. The van der Waals surface area contributed by atoms with Crippen LogP contribution >= 0.6 is 23.4 Å². The van der Waals surface area contributed by atoms with Crippen molar-refractivity contribution in [1.29, 1.82) is 0 Å². The zero-order valence-corrected chi connectivity index (χ0v) is 16.6. The van der Waals surface area contributed by atoms with Crippen LogP contribution < -0.4 is 0 Å². The first kappa shape index (κ1) is 18.1. The van der Waals surface area contributed by atoms with Crippen LogP contribution in [0.1, 0.15) is 19.4 Å². The topological polar surface area (TPSA) is 48.9 Å². The van der Waals surface area contributed by atoms with Gasteiger partial charge in [-0.2, -0.15) is 0 Å². The number of aromatic nitrogens is 2. The summed E-state index contributed by atoms with van der Waals surface area (Å²) in [6.45, 7) is 3.58. The van der Waals surface area contributed by atoms with Crippen LogP contribution in [0.15, 0.2) is 76.7 Å². The second kappa shape index (κ2) is 7.04. The van der Waals surface area contributed by atoms with Gasteiger partial charge in [0.05, 0.1) is 11.3 Å². The normalized spacial score (nSPS) is 11.9. The van der Waals surface area contributed by atoms with E-state index in [9.17, 15) is 5.11 Å². The quantitative estimate of drug-likeness (QED) is 0.429. The highest BCUT2D eigenvalue weighted by molar-refractivity contribution is 7.99. The standard InChI is InChI=1S/C22H19ClN2OS/c1-22(2,26)15-7-5-14(6-8-15)19-20(18-4-3-13-24-21(18)25-19)27-17-11-9-16(23)10-12-17/h3-13,26H,1-2H3,(H,24,25). The van der Waals surface area contributed by atoms with Gasteiger partial charge in [0.2, 0.25) is 0 Å². The maximum atomic E-state index is 10.2. The maximum Gasteiger partial charge on any atom is 0.138 e. The molecular weight excluding hydrogens is 376 g/mol. The lowest BCUT2D eigenvalue weighted by Crippen LogP contribution is -2.14. The van der Waals surface area contributed by atoms with Gasteiger partial charge in [0.25, 0.3) is 0 Å². The fourth-order valence-electron chi connectivity index (χ4n) is 2.97. The molecule has 0 amide bonds. The van der Waals surface area contributed by atoms with E-state index in [1.165, 1.54) is 0 Å². The van der Waals surface area contributed by atoms with E-state index in [1.54, 1.807) is 31.8 Å². The van der Waals surface area contributed by atoms with Gasteiger partial charge in [-0.15, -0.1) is 0 Å². The number of halogens is 1. The van der Waals surface area contributed by atoms with E-state index in [1.807, 2.05) is 54.6 Å². The molecule has 0 bridgehead atoms. The van der Waals surface area contributed by atoms with Crippen molar-refractivity contribution in [2.24, 2.45) is 0 Å². The summed E-state index contributed by atoms with van der Waals surface area (Å²) in [5.41, 5.74) is 2.95. The lowest BCUT2D eigenvalue weighted by Gasteiger charge is -2.18. The van der Waals surface area contributed by atoms with Crippen LogP contribution in [-0.4, -0.2) is 15.1 Å². The van der Waals surface area contributed by atoms with E-state index in [4.69, 9.17) is 11.6 Å². The minimum atomic E-state index is -0.860. The maximum absolute atomic E-state index is 10.2. The van der Waals surface area contributed by atoms with Crippen molar-refractivity contribution in [3.63, 3.8) is 0 Å². The molecule has 5 heteroatoms. The van der Waals surface area contributed by atoms with Crippen LogP contribution in [0.25, 0.3) is 22.3 Å². The van der Waals surface area contributed by atoms with Gasteiger partial charge in [0, 0.05) is 26.4 Å². The van der Waals surface area contributed by atoms with E-state index in [-0.39, 0.29) is 0 Å². The molecule has 4 aromatic rings. The summed E-state index contributed by atoms with van der Waals surface area (Å²) in [5, 5.41) is 12.0. The number of aromatic amines is 1. The van der Waals surface area contributed by atoms with E-state index in [0.717, 1.165) is 42.7 Å². The molecule has 0 unspecified atom stereocenters. The van der Waals surface area contributed by atoms with Crippen LogP contribution in [0.4, 0.5) is 0 Å². The predicted molar refractivity (Wildman–Crippen MR) is 112 cm³/mol. The summed E-state index contributed by atoms with van der Waals surface area (Å²) < 4.78 is 0. The Hall–Kier alpha value is -2.27. The Balaban J connectivity index is 1.81. The fourth-order valence-corrected chi connectivity index (χ4v) is 4.15. The molecule has 0 saturated carbocycles. The summed E-state index contributed by atoms with van der Waals surface area (Å²) in [6.07, 6.45) is 1.79. The highest BCUT2D eigenvalue weighted by Crippen LogP contribution is 2.41. The summed E-state index contributed by atoms with van der Waals surface area (Å²) in [5.74, 6) is 0. The van der Waals surface area contributed by atoms with Crippen molar-refractivity contribution in [3.8, 4) is 11.3 Å². The second-order valence-electron chi connectivity index (χ2n) is 6.92.